The molecule has 3 rings (SSSR count). The third-order valence-corrected chi connectivity index (χ3v) is 3.95. The van der Waals surface area contributed by atoms with E-state index in [0.29, 0.717) is 12.6 Å². The van der Waals surface area contributed by atoms with E-state index in [4.69, 9.17) is 4.74 Å². The van der Waals surface area contributed by atoms with Gasteiger partial charge in [0.2, 0.25) is 0 Å². The molecule has 1 unspecified atom stereocenters. The van der Waals surface area contributed by atoms with Crippen molar-refractivity contribution in [3.05, 3.63) is 29.8 Å². The number of hydrogen-bond donors (Lipinski definition) is 2. The number of carbonyl (C=O) groups excluding carboxylic acids is 1. The molecule has 1 heterocycles. The minimum Gasteiger partial charge on any atom is -0.493 e. The molecule has 0 radical (unpaired) electrons. The van der Waals surface area contributed by atoms with E-state index in [1.165, 1.54) is 12.8 Å². The summed E-state index contributed by atoms with van der Waals surface area (Å²) in [6, 6.07) is 8.29. The van der Waals surface area contributed by atoms with Crippen LogP contribution in [-0.4, -0.2) is 18.7 Å². The van der Waals surface area contributed by atoms with Crippen LogP contribution in [0.25, 0.3) is 0 Å². The second kappa shape index (κ2) is 5.51. The van der Waals surface area contributed by atoms with Gasteiger partial charge >= 0.3 is 6.03 Å². The van der Waals surface area contributed by atoms with Crippen molar-refractivity contribution in [1.82, 2.24) is 10.6 Å². The molecule has 0 bridgehead atoms. The molecule has 1 saturated carbocycles. The van der Waals surface area contributed by atoms with E-state index in [1.54, 1.807) is 0 Å². The number of hydrogen-bond acceptors (Lipinski definition) is 2. The van der Waals surface area contributed by atoms with Crippen molar-refractivity contribution in [3.63, 3.8) is 0 Å². The van der Waals surface area contributed by atoms with Crippen LogP contribution < -0.4 is 15.4 Å². The van der Waals surface area contributed by atoms with Crippen LogP contribution in [-0.2, 0) is 0 Å². The van der Waals surface area contributed by atoms with Crippen LogP contribution in [0.1, 0.15) is 43.7 Å². The van der Waals surface area contributed by atoms with Crippen molar-refractivity contribution < 1.29 is 9.53 Å². The van der Waals surface area contributed by atoms with Gasteiger partial charge in [-0.15, -0.1) is 0 Å². The van der Waals surface area contributed by atoms with Crippen molar-refractivity contribution in [1.29, 1.82) is 0 Å². The predicted molar refractivity (Wildman–Crippen MR) is 73.2 cm³/mol. The Bertz CT molecular complexity index is 455. The number of urea groups is 1. The standard InChI is InChI=1S/C15H20N2O2/c18-15(16-11-5-1-2-6-11)17-13-9-10-19-14-8-4-3-7-12(13)14/h3-4,7-8,11,13H,1-2,5-6,9-10H2,(H2,16,17,18). The molecule has 1 aliphatic carbocycles. The first kappa shape index (κ1) is 12.3. The molecule has 4 nitrogen and oxygen atoms in total. The van der Waals surface area contributed by atoms with Crippen molar-refractivity contribution in [3.8, 4) is 5.75 Å². The largest absolute Gasteiger partial charge is 0.493 e. The molecular formula is C15H20N2O2. The van der Waals surface area contributed by atoms with Crippen molar-refractivity contribution in [2.45, 2.75) is 44.2 Å². The third kappa shape index (κ3) is 2.83. The van der Waals surface area contributed by atoms with Crippen molar-refractivity contribution >= 4 is 6.03 Å². The highest BCUT2D eigenvalue weighted by Gasteiger charge is 2.24. The van der Waals surface area contributed by atoms with Crippen molar-refractivity contribution in [2.75, 3.05) is 6.61 Å². The third-order valence-electron chi connectivity index (χ3n) is 3.95. The summed E-state index contributed by atoms with van der Waals surface area (Å²) in [6.07, 6.45) is 5.50. The Hall–Kier alpha value is -1.71. The molecule has 1 aromatic carbocycles. The summed E-state index contributed by atoms with van der Waals surface area (Å²) in [7, 11) is 0. The molecule has 2 N–H and O–H groups in total. The average Bonchev–Trinajstić information content (AvgIpc) is 2.92. The molecule has 2 aliphatic rings. The minimum atomic E-state index is -0.0476. The lowest BCUT2D eigenvalue weighted by molar-refractivity contribution is 0.220. The van der Waals surface area contributed by atoms with Gasteiger partial charge in [-0.1, -0.05) is 31.0 Å². The fourth-order valence-corrected chi connectivity index (χ4v) is 2.95. The fourth-order valence-electron chi connectivity index (χ4n) is 2.95. The van der Waals surface area contributed by atoms with Crippen LogP contribution in [0.5, 0.6) is 5.75 Å². The number of para-hydroxylation sites is 1. The molecule has 2 amide bonds. The maximum atomic E-state index is 12.0. The van der Waals surface area contributed by atoms with Crippen LogP contribution >= 0.6 is 0 Å². The smallest absolute Gasteiger partial charge is 0.315 e. The Kier molecular flexibility index (Phi) is 3.58. The molecule has 102 valence electrons. The number of rotatable bonds is 2. The zero-order valence-electron chi connectivity index (χ0n) is 11.0. The van der Waals surface area contributed by atoms with Crippen LogP contribution in [0.3, 0.4) is 0 Å². The normalized spacial score (nSPS) is 22.4. The molecule has 0 saturated heterocycles. The van der Waals surface area contributed by atoms with Gasteiger partial charge < -0.3 is 15.4 Å². The molecule has 1 atom stereocenters. The van der Waals surface area contributed by atoms with E-state index in [0.717, 1.165) is 30.6 Å². The highest BCUT2D eigenvalue weighted by atomic mass is 16.5. The Labute approximate surface area is 113 Å². The lowest BCUT2D eigenvalue weighted by Crippen LogP contribution is -2.43. The number of nitrogens with one attached hydrogen (secondary N) is 2. The second-order valence-corrected chi connectivity index (χ2v) is 5.33. The fraction of sp³-hybridized carbons (Fsp3) is 0.533. The maximum absolute atomic E-state index is 12.0. The zero-order valence-corrected chi connectivity index (χ0v) is 11.0. The number of benzene rings is 1. The van der Waals surface area contributed by atoms with Gasteiger partial charge in [-0.05, 0) is 18.9 Å². The van der Waals surface area contributed by atoms with Crippen LogP contribution in [0.2, 0.25) is 0 Å². The van der Waals surface area contributed by atoms with E-state index in [1.807, 2.05) is 24.3 Å². The first-order valence-electron chi connectivity index (χ1n) is 7.12. The number of carbonyl (C=O) groups is 1. The van der Waals surface area contributed by atoms with Crippen molar-refractivity contribution in [2.24, 2.45) is 0 Å². The Morgan fingerprint density at radius 2 is 1.89 bits per heavy atom. The molecule has 19 heavy (non-hydrogen) atoms. The molecule has 1 fully saturated rings. The summed E-state index contributed by atoms with van der Waals surface area (Å²) in [5.74, 6) is 0.889. The van der Waals surface area contributed by atoms with E-state index in [2.05, 4.69) is 10.6 Å². The van der Waals surface area contributed by atoms with E-state index >= 15 is 0 Å². The van der Waals surface area contributed by atoms with E-state index in [-0.39, 0.29) is 12.1 Å². The number of fused-ring (bicyclic) bond motifs is 1. The predicted octanol–water partition coefficient (Wildman–Crippen LogP) is 2.75. The molecular weight excluding hydrogens is 240 g/mol. The summed E-state index contributed by atoms with van der Waals surface area (Å²) in [5, 5.41) is 6.14. The SMILES string of the molecule is O=C(NC1CCCC1)NC1CCOc2ccccc21. The summed E-state index contributed by atoms with van der Waals surface area (Å²) < 4.78 is 5.60. The zero-order chi connectivity index (χ0) is 13.1. The van der Waals surface area contributed by atoms with Gasteiger partial charge in [0.25, 0.3) is 0 Å². The molecule has 0 spiro atoms. The summed E-state index contributed by atoms with van der Waals surface area (Å²) in [5.41, 5.74) is 1.08. The van der Waals surface area contributed by atoms with Gasteiger partial charge in [-0.2, -0.15) is 0 Å². The highest BCUT2D eigenvalue weighted by molar-refractivity contribution is 5.75. The first-order chi connectivity index (χ1) is 9.33. The van der Waals surface area contributed by atoms with Crippen LogP contribution in [0, 0.1) is 0 Å². The summed E-state index contributed by atoms with van der Waals surface area (Å²) in [6.45, 7) is 0.658. The van der Waals surface area contributed by atoms with Crippen LogP contribution in [0.4, 0.5) is 4.79 Å². The highest BCUT2D eigenvalue weighted by Crippen LogP contribution is 2.31. The van der Waals surface area contributed by atoms with Gasteiger partial charge in [0.1, 0.15) is 5.75 Å². The maximum Gasteiger partial charge on any atom is 0.315 e. The van der Waals surface area contributed by atoms with E-state index in [9.17, 15) is 4.79 Å². The van der Waals surface area contributed by atoms with Crippen LogP contribution in [0.15, 0.2) is 24.3 Å². The lowest BCUT2D eigenvalue weighted by atomic mass is 10.0. The molecule has 1 aliphatic heterocycles. The lowest BCUT2D eigenvalue weighted by Gasteiger charge is -2.27. The minimum absolute atomic E-state index is 0.0476. The Morgan fingerprint density at radius 3 is 2.74 bits per heavy atom. The molecule has 0 aromatic heterocycles. The summed E-state index contributed by atoms with van der Waals surface area (Å²) in [4.78, 5) is 12.0. The van der Waals surface area contributed by atoms with Gasteiger partial charge in [-0.3, -0.25) is 0 Å². The first-order valence-corrected chi connectivity index (χ1v) is 7.12. The second-order valence-electron chi connectivity index (χ2n) is 5.33. The van der Waals surface area contributed by atoms with Gasteiger partial charge in [0, 0.05) is 18.0 Å². The van der Waals surface area contributed by atoms with Gasteiger partial charge in [0.15, 0.2) is 0 Å². The summed E-state index contributed by atoms with van der Waals surface area (Å²) >= 11 is 0. The number of ether oxygens (including phenoxy) is 1. The number of amides is 2. The molecule has 4 heteroatoms. The van der Waals surface area contributed by atoms with E-state index < -0.39 is 0 Å². The van der Waals surface area contributed by atoms with Gasteiger partial charge in [-0.25, -0.2) is 4.79 Å². The quantitative estimate of drug-likeness (QED) is 0.859. The monoisotopic (exact) mass is 260 g/mol. The molecule has 1 aromatic rings. The Morgan fingerprint density at radius 1 is 1.11 bits per heavy atom. The van der Waals surface area contributed by atoms with Gasteiger partial charge in [0.05, 0.1) is 12.6 Å². The topological polar surface area (TPSA) is 50.4 Å². The Balaban J connectivity index is 1.62. The average molecular weight is 260 g/mol.